The fraction of sp³-hybridized carbons (Fsp3) is 0.571. The van der Waals surface area contributed by atoms with Gasteiger partial charge in [-0.25, -0.2) is 0 Å². The second kappa shape index (κ2) is 3.70. The largest absolute Gasteiger partial charge is 0.472 e. The van der Waals surface area contributed by atoms with E-state index in [-0.39, 0.29) is 23.6 Å². The Balaban J connectivity index is 2.08. The minimum absolute atomic E-state index is 0.0751. The van der Waals surface area contributed by atoms with E-state index in [0.29, 0.717) is 6.42 Å². The van der Waals surface area contributed by atoms with E-state index in [1.165, 1.54) is 0 Å². The maximum absolute atomic E-state index is 12.3. The Morgan fingerprint density at radius 1 is 1.39 bits per heavy atom. The van der Waals surface area contributed by atoms with Crippen LogP contribution in [0.2, 0.25) is 0 Å². The number of fused-ring (bicyclic) bond motifs is 1. The standard InChI is InChI=1S/C14H16O4/c1-8-10-3-4-11(15)14(10,2)12(18-13(8)16)9-5-6-17-7-9/h5-8,10,12H,3-4H2,1-2H3/t8-,10-,12+,14-/m0/s1. The molecule has 0 aromatic carbocycles. The van der Waals surface area contributed by atoms with Gasteiger partial charge in [0.25, 0.3) is 0 Å². The lowest BCUT2D eigenvalue weighted by molar-refractivity contribution is -0.183. The van der Waals surface area contributed by atoms with Crippen molar-refractivity contribution in [2.75, 3.05) is 0 Å². The molecule has 0 amide bonds. The van der Waals surface area contributed by atoms with Gasteiger partial charge in [0, 0.05) is 12.0 Å². The Kier molecular flexibility index (Phi) is 2.37. The number of ether oxygens (including phenoxy) is 1. The number of rotatable bonds is 1. The van der Waals surface area contributed by atoms with E-state index < -0.39 is 11.5 Å². The van der Waals surface area contributed by atoms with Crippen molar-refractivity contribution in [3.63, 3.8) is 0 Å². The first kappa shape index (κ1) is 11.5. The number of carbonyl (C=O) groups excluding carboxylic acids is 2. The van der Waals surface area contributed by atoms with E-state index in [9.17, 15) is 9.59 Å². The molecule has 4 atom stereocenters. The van der Waals surface area contributed by atoms with Gasteiger partial charge in [-0.1, -0.05) is 6.92 Å². The van der Waals surface area contributed by atoms with Crippen molar-refractivity contribution in [2.24, 2.45) is 17.3 Å². The lowest BCUT2D eigenvalue weighted by Crippen LogP contribution is -2.47. The van der Waals surface area contributed by atoms with Gasteiger partial charge in [0.05, 0.1) is 23.9 Å². The van der Waals surface area contributed by atoms with Crippen LogP contribution in [0.1, 0.15) is 38.4 Å². The van der Waals surface area contributed by atoms with Gasteiger partial charge >= 0.3 is 5.97 Å². The Morgan fingerprint density at radius 2 is 2.17 bits per heavy atom. The average Bonchev–Trinajstić information content (AvgIpc) is 2.95. The molecule has 18 heavy (non-hydrogen) atoms. The van der Waals surface area contributed by atoms with Crippen LogP contribution in [-0.2, 0) is 14.3 Å². The summed E-state index contributed by atoms with van der Waals surface area (Å²) in [5.74, 6) is -0.146. The molecule has 0 spiro atoms. The van der Waals surface area contributed by atoms with Crippen LogP contribution in [-0.4, -0.2) is 11.8 Å². The maximum Gasteiger partial charge on any atom is 0.309 e. The quantitative estimate of drug-likeness (QED) is 0.716. The number of Topliss-reactive ketones (excluding diaryl/α,β-unsaturated/α-hetero) is 1. The topological polar surface area (TPSA) is 56.5 Å². The van der Waals surface area contributed by atoms with Gasteiger partial charge in [0.2, 0.25) is 0 Å². The van der Waals surface area contributed by atoms with E-state index in [0.717, 1.165) is 12.0 Å². The third-order valence-electron chi connectivity index (χ3n) is 4.65. The smallest absolute Gasteiger partial charge is 0.309 e. The van der Waals surface area contributed by atoms with Crippen molar-refractivity contribution in [1.29, 1.82) is 0 Å². The minimum Gasteiger partial charge on any atom is -0.472 e. The van der Waals surface area contributed by atoms with E-state index in [2.05, 4.69) is 0 Å². The van der Waals surface area contributed by atoms with Crippen molar-refractivity contribution in [1.82, 2.24) is 0 Å². The number of carbonyl (C=O) groups is 2. The van der Waals surface area contributed by atoms with Crippen LogP contribution >= 0.6 is 0 Å². The minimum atomic E-state index is -0.600. The van der Waals surface area contributed by atoms with Gasteiger partial charge in [-0.05, 0) is 25.3 Å². The Labute approximate surface area is 105 Å². The molecule has 2 aliphatic rings. The average molecular weight is 248 g/mol. The van der Waals surface area contributed by atoms with E-state index in [1.807, 2.05) is 13.8 Å². The zero-order chi connectivity index (χ0) is 12.9. The van der Waals surface area contributed by atoms with Crippen LogP contribution in [0.3, 0.4) is 0 Å². The predicted octanol–water partition coefficient (Wildman–Crippen LogP) is 2.50. The molecule has 0 unspecified atom stereocenters. The molecule has 96 valence electrons. The molecule has 4 nitrogen and oxygen atoms in total. The molecule has 1 aliphatic heterocycles. The molecule has 1 aromatic rings. The zero-order valence-corrected chi connectivity index (χ0v) is 10.5. The second-order valence-corrected chi connectivity index (χ2v) is 5.51. The monoisotopic (exact) mass is 248 g/mol. The summed E-state index contributed by atoms with van der Waals surface area (Å²) in [6.45, 7) is 3.78. The highest BCUT2D eigenvalue weighted by Crippen LogP contribution is 2.56. The second-order valence-electron chi connectivity index (χ2n) is 5.51. The van der Waals surface area contributed by atoms with Gasteiger partial charge < -0.3 is 9.15 Å². The van der Waals surface area contributed by atoms with Crippen LogP contribution in [0.5, 0.6) is 0 Å². The van der Waals surface area contributed by atoms with Gasteiger partial charge in [0.1, 0.15) is 11.9 Å². The van der Waals surface area contributed by atoms with Gasteiger partial charge in [-0.3, -0.25) is 9.59 Å². The van der Waals surface area contributed by atoms with Crippen molar-refractivity contribution >= 4 is 11.8 Å². The summed E-state index contributed by atoms with van der Waals surface area (Å²) < 4.78 is 10.6. The Bertz CT molecular complexity index is 490. The summed E-state index contributed by atoms with van der Waals surface area (Å²) in [6.07, 6.45) is 3.91. The molecule has 1 saturated heterocycles. The number of hydrogen-bond acceptors (Lipinski definition) is 4. The van der Waals surface area contributed by atoms with Crippen LogP contribution < -0.4 is 0 Å². The molecule has 3 rings (SSSR count). The molecule has 2 fully saturated rings. The van der Waals surface area contributed by atoms with Crippen LogP contribution in [0.15, 0.2) is 23.0 Å². The summed E-state index contributed by atoms with van der Waals surface area (Å²) in [6, 6.07) is 1.77. The highest BCUT2D eigenvalue weighted by atomic mass is 16.5. The van der Waals surface area contributed by atoms with Crippen molar-refractivity contribution in [3.8, 4) is 0 Å². The number of ketones is 1. The molecular weight excluding hydrogens is 232 g/mol. The Morgan fingerprint density at radius 3 is 2.83 bits per heavy atom. The van der Waals surface area contributed by atoms with Crippen LogP contribution in [0.4, 0.5) is 0 Å². The van der Waals surface area contributed by atoms with E-state index in [4.69, 9.17) is 9.15 Å². The Hall–Kier alpha value is -1.58. The normalized spacial score (nSPS) is 39.6. The number of cyclic esters (lactones) is 1. The lowest BCUT2D eigenvalue weighted by Gasteiger charge is -2.43. The van der Waals surface area contributed by atoms with E-state index in [1.54, 1.807) is 18.6 Å². The van der Waals surface area contributed by atoms with Crippen molar-refractivity contribution < 1.29 is 18.7 Å². The van der Waals surface area contributed by atoms with Crippen molar-refractivity contribution in [3.05, 3.63) is 24.2 Å². The molecule has 0 bridgehead atoms. The third-order valence-corrected chi connectivity index (χ3v) is 4.65. The van der Waals surface area contributed by atoms with Crippen molar-refractivity contribution in [2.45, 2.75) is 32.8 Å². The lowest BCUT2D eigenvalue weighted by atomic mass is 9.66. The summed E-state index contributed by atoms with van der Waals surface area (Å²) in [5.41, 5.74) is 0.176. The first-order valence-corrected chi connectivity index (χ1v) is 6.31. The first-order chi connectivity index (χ1) is 8.55. The number of hydrogen-bond donors (Lipinski definition) is 0. The third kappa shape index (κ3) is 1.32. The molecule has 2 heterocycles. The molecule has 4 heteroatoms. The zero-order valence-electron chi connectivity index (χ0n) is 10.5. The molecule has 0 radical (unpaired) electrons. The molecule has 1 aliphatic carbocycles. The summed E-state index contributed by atoms with van der Waals surface area (Å²) in [5, 5.41) is 0. The first-order valence-electron chi connectivity index (χ1n) is 6.31. The molecular formula is C14H16O4. The van der Waals surface area contributed by atoms with Gasteiger partial charge in [-0.15, -0.1) is 0 Å². The fourth-order valence-electron chi connectivity index (χ4n) is 3.52. The fourth-order valence-corrected chi connectivity index (χ4v) is 3.52. The van der Waals surface area contributed by atoms with Gasteiger partial charge in [-0.2, -0.15) is 0 Å². The summed E-state index contributed by atoms with van der Waals surface area (Å²) in [4.78, 5) is 24.2. The highest BCUT2D eigenvalue weighted by Gasteiger charge is 2.59. The predicted molar refractivity (Wildman–Crippen MR) is 62.5 cm³/mol. The van der Waals surface area contributed by atoms with E-state index >= 15 is 0 Å². The molecule has 1 saturated carbocycles. The maximum atomic E-state index is 12.3. The molecule has 1 aromatic heterocycles. The number of esters is 1. The number of furan rings is 1. The van der Waals surface area contributed by atoms with Gasteiger partial charge in [0.15, 0.2) is 0 Å². The van der Waals surface area contributed by atoms with Crippen LogP contribution in [0.25, 0.3) is 0 Å². The SMILES string of the molecule is C[C@@H]1C(=O)O[C@H](c2ccoc2)[C@]2(C)C(=O)CC[C@@H]12. The summed E-state index contributed by atoms with van der Waals surface area (Å²) in [7, 11) is 0. The highest BCUT2D eigenvalue weighted by molar-refractivity contribution is 5.90. The molecule has 0 N–H and O–H groups in total. The van der Waals surface area contributed by atoms with Crippen LogP contribution in [0, 0.1) is 17.3 Å². The summed E-state index contributed by atoms with van der Waals surface area (Å²) >= 11 is 0.